The van der Waals surface area contributed by atoms with E-state index in [4.69, 9.17) is 5.26 Å². The van der Waals surface area contributed by atoms with Crippen LogP contribution >= 0.6 is 11.8 Å². The molecule has 1 nitrogen and oxygen atoms in total. The van der Waals surface area contributed by atoms with Crippen LogP contribution in [0.4, 0.5) is 0 Å². The van der Waals surface area contributed by atoms with Crippen molar-refractivity contribution in [1.29, 1.82) is 5.26 Å². The van der Waals surface area contributed by atoms with Crippen LogP contribution in [0.1, 0.15) is 11.1 Å². The summed E-state index contributed by atoms with van der Waals surface area (Å²) in [5.41, 5.74) is 2.96. The fourth-order valence-corrected chi connectivity index (χ4v) is 2.40. The molecule has 0 radical (unpaired) electrons. The lowest BCUT2D eigenvalue weighted by Gasteiger charge is -1.99. The third-order valence-electron chi connectivity index (χ3n) is 2.50. The second-order valence-corrected chi connectivity index (χ2v) is 4.66. The molecule has 18 heavy (non-hydrogen) atoms. The lowest BCUT2D eigenvalue weighted by atomic mass is 10.1. The number of hydrogen-bond donors (Lipinski definition) is 0. The molecule has 0 heterocycles. The minimum absolute atomic E-state index is 0.719. The monoisotopic (exact) mass is 251 g/mol. The maximum absolute atomic E-state index is 9.15. The van der Waals surface area contributed by atoms with E-state index in [1.165, 1.54) is 5.56 Å². The molecule has 88 valence electrons. The summed E-state index contributed by atoms with van der Waals surface area (Å²) in [5, 5.41) is 11.1. The van der Waals surface area contributed by atoms with Gasteiger partial charge in [-0.3, -0.25) is 0 Å². The van der Waals surface area contributed by atoms with Crippen LogP contribution in [0, 0.1) is 11.3 Å². The van der Waals surface area contributed by atoms with Gasteiger partial charge in [0.05, 0.1) is 5.57 Å². The van der Waals surface area contributed by atoms with Crippen LogP contribution in [0.2, 0.25) is 0 Å². The van der Waals surface area contributed by atoms with Gasteiger partial charge in [0.15, 0.2) is 0 Å². The quantitative estimate of drug-likeness (QED) is 0.748. The van der Waals surface area contributed by atoms with Crippen LogP contribution < -0.4 is 0 Å². The fourth-order valence-electron chi connectivity index (χ4n) is 1.57. The van der Waals surface area contributed by atoms with Gasteiger partial charge in [0.1, 0.15) is 6.07 Å². The van der Waals surface area contributed by atoms with E-state index in [9.17, 15) is 0 Å². The van der Waals surface area contributed by atoms with Gasteiger partial charge >= 0.3 is 0 Å². The van der Waals surface area contributed by atoms with Crippen molar-refractivity contribution < 1.29 is 0 Å². The lowest BCUT2D eigenvalue weighted by Crippen LogP contribution is -1.80. The SMILES string of the molecule is N#C/C(=C\SCc1ccccc1)c1ccccc1. The smallest absolute Gasteiger partial charge is 0.100 e. The molecule has 0 atom stereocenters. The zero-order valence-electron chi connectivity index (χ0n) is 9.91. The highest BCUT2D eigenvalue weighted by Crippen LogP contribution is 2.20. The maximum Gasteiger partial charge on any atom is 0.100 e. The third-order valence-corrected chi connectivity index (χ3v) is 3.40. The first-order valence-electron chi connectivity index (χ1n) is 5.71. The van der Waals surface area contributed by atoms with E-state index < -0.39 is 0 Å². The normalized spacial score (nSPS) is 10.9. The van der Waals surface area contributed by atoms with Crippen molar-refractivity contribution in [1.82, 2.24) is 0 Å². The van der Waals surface area contributed by atoms with Gasteiger partial charge in [-0.25, -0.2) is 0 Å². The fraction of sp³-hybridized carbons (Fsp3) is 0.0625. The summed E-state index contributed by atoms with van der Waals surface area (Å²) in [6.45, 7) is 0. The summed E-state index contributed by atoms with van der Waals surface area (Å²) in [6.07, 6.45) is 0. The number of nitriles is 1. The van der Waals surface area contributed by atoms with Gasteiger partial charge in [-0.2, -0.15) is 5.26 Å². The van der Waals surface area contributed by atoms with E-state index in [0.29, 0.717) is 0 Å². The van der Waals surface area contributed by atoms with E-state index in [1.807, 2.05) is 53.9 Å². The van der Waals surface area contributed by atoms with E-state index in [-0.39, 0.29) is 0 Å². The van der Waals surface area contributed by atoms with Crippen molar-refractivity contribution >= 4 is 17.3 Å². The standard InChI is InChI=1S/C16H13NS/c17-11-16(15-9-5-2-6-10-15)13-18-12-14-7-3-1-4-8-14/h1-10,13H,12H2/b16-13+. The van der Waals surface area contributed by atoms with E-state index in [1.54, 1.807) is 11.8 Å². The number of nitrogens with zero attached hydrogens (tertiary/aromatic N) is 1. The predicted molar refractivity (Wildman–Crippen MR) is 77.8 cm³/mol. The van der Waals surface area contributed by atoms with Crippen LogP contribution in [-0.2, 0) is 5.75 Å². The van der Waals surface area contributed by atoms with Gasteiger partial charge in [0.25, 0.3) is 0 Å². The summed E-state index contributed by atoms with van der Waals surface area (Å²) in [5.74, 6) is 0.888. The molecule has 0 saturated carbocycles. The number of hydrogen-bond acceptors (Lipinski definition) is 2. The number of benzene rings is 2. The first-order chi connectivity index (χ1) is 8.90. The molecule has 0 aromatic heterocycles. The van der Waals surface area contributed by atoms with Crippen LogP contribution in [0.3, 0.4) is 0 Å². The Balaban J connectivity index is 2.02. The van der Waals surface area contributed by atoms with Crippen molar-refractivity contribution in [3.05, 3.63) is 77.2 Å². The Kier molecular flexibility index (Phi) is 4.63. The third kappa shape index (κ3) is 3.51. The molecule has 0 spiro atoms. The van der Waals surface area contributed by atoms with Gasteiger partial charge < -0.3 is 0 Å². The molecule has 0 N–H and O–H groups in total. The Bertz CT molecular complexity index is 553. The molecule has 0 unspecified atom stereocenters. The first kappa shape index (κ1) is 12.5. The number of rotatable bonds is 4. The molecule has 0 bridgehead atoms. The Morgan fingerprint density at radius 2 is 1.61 bits per heavy atom. The molecule has 0 aliphatic carbocycles. The molecule has 2 aromatic rings. The summed E-state index contributed by atoms with van der Waals surface area (Å²) < 4.78 is 0. The molecular formula is C16H13NS. The molecule has 2 heteroatoms. The predicted octanol–water partition coefficient (Wildman–Crippen LogP) is 4.48. The highest BCUT2D eigenvalue weighted by atomic mass is 32.2. The van der Waals surface area contributed by atoms with E-state index in [0.717, 1.165) is 16.9 Å². The zero-order chi connectivity index (χ0) is 12.6. The Morgan fingerprint density at radius 1 is 1.00 bits per heavy atom. The van der Waals surface area contributed by atoms with Crippen LogP contribution in [-0.4, -0.2) is 0 Å². The lowest BCUT2D eigenvalue weighted by molar-refractivity contribution is 1.42. The molecule has 2 aromatic carbocycles. The van der Waals surface area contributed by atoms with Crippen molar-refractivity contribution in [2.45, 2.75) is 5.75 Å². The zero-order valence-corrected chi connectivity index (χ0v) is 10.7. The molecule has 2 rings (SSSR count). The van der Waals surface area contributed by atoms with Gasteiger partial charge in [0.2, 0.25) is 0 Å². The maximum atomic E-state index is 9.15. The molecule has 0 amide bonds. The second-order valence-electron chi connectivity index (χ2n) is 3.81. The summed E-state index contributed by atoms with van der Waals surface area (Å²) in [7, 11) is 0. The highest BCUT2D eigenvalue weighted by Gasteiger charge is 1.99. The largest absolute Gasteiger partial charge is 0.192 e. The Hall–Kier alpha value is -1.98. The van der Waals surface area contributed by atoms with Gasteiger partial charge in [-0.05, 0) is 16.5 Å². The van der Waals surface area contributed by atoms with Gasteiger partial charge in [0, 0.05) is 5.75 Å². The van der Waals surface area contributed by atoms with Crippen molar-refractivity contribution in [2.24, 2.45) is 0 Å². The van der Waals surface area contributed by atoms with Crippen LogP contribution in [0.5, 0.6) is 0 Å². The van der Waals surface area contributed by atoms with Crippen LogP contribution in [0.15, 0.2) is 66.1 Å². The van der Waals surface area contributed by atoms with E-state index >= 15 is 0 Å². The minimum Gasteiger partial charge on any atom is -0.192 e. The second kappa shape index (κ2) is 6.68. The molecule has 0 fully saturated rings. The van der Waals surface area contributed by atoms with Gasteiger partial charge in [-0.15, -0.1) is 11.8 Å². The molecule has 0 saturated heterocycles. The Labute approximate surface area is 112 Å². The van der Waals surface area contributed by atoms with Crippen molar-refractivity contribution in [3.63, 3.8) is 0 Å². The molecule has 0 aliphatic rings. The summed E-state index contributed by atoms with van der Waals surface area (Å²) in [4.78, 5) is 0. The topological polar surface area (TPSA) is 23.8 Å². The summed E-state index contributed by atoms with van der Waals surface area (Å²) in [6, 6.07) is 22.3. The highest BCUT2D eigenvalue weighted by molar-refractivity contribution is 8.01. The average Bonchev–Trinajstić information content (AvgIpc) is 2.46. The first-order valence-corrected chi connectivity index (χ1v) is 6.76. The average molecular weight is 251 g/mol. The Morgan fingerprint density at radius 3 is 2.22 bits per heavy atom. The number of thioether (sulfide) groups is 1. The molecule has 0 aliphatic heterocycles. The van der Waals surface area contributed by atoms with Gasteiger partial charge in [-0.1, -0.05) is 60.7 Å². The van der Waals surface area contributed by atoms with Crippen LogP contribution in [0.25, 0.3) is 5.57 Å². The number of allylic oxidation sites excluding steroid dienone is 1. The summed E-state index contributed by atoms with van der Waals surface area (Å²) >= 11 is 1.65. The molecular weight excluding hydrogens is 238 g/mol. The minimum atomic E-state index is 0.719. The van der Waals surface area contributed by atoms with Crippen molar-refractivity contribution in [3.8, 4) is 6.07 Å². The van der Waals surface area contributed by atoms with Crippen molar-refractivity contribution in [2.75, 3.05) is 0 Å². The van der Waals surface area contributed by atoms with E-state index in [2.05, 4.69) is 18.2 Å².